The van der Waals surface area contributed by atoms with Gasteiger partial charge >= 0.3 is 0 Å². The molecule has 1 amide bonds. The number of rotatable bonds is 7. The molecule has 0 fully saturated rings. The zero-order valence-corrected chi connectivity index (χ0v) is 12.8. The molecule has 3 nitrogen and oxygen atoms in total. The lowest BCUT2D eigenvalue weighted by molar-refractivity contribution is -0.116. The van der Waals surface area contributed by atoms with Crippen molar-refractivity contribution in [2.24, 2.45) is 0 Å². The highest BCUT2D eigenvalue weighted by molar-refractivity contribution is 7.99. The van der Waals surface area contributed by atoms with Crippen LogP contribution in [0.2, 0.25) is 0 Å². The fraction of sp³-hybridized carbons (Fsp3) is 0.188. The van der Waals surface area contributed by atoms with Crippen LogP contribution in [0.3, 0.4) is 0 Å². The highest BCUT2D eigenvalue weighted by atomic mass is 32.2. The van der Waals surface area contributed by atoms with E-state index in [2.05, 4.69) is 5.32 Å². The van der Waals surface area contributed by atoms with Gasteiger partial charge in [0.05, 0.1) is 18.7 Å². The first-order valence-corrected chi connectivity index (χ1v) is 7.64. The van der Waals surface area contributed by atoms with Crippen molar-refractivity contribution < 1.29 is 22.7 Å². The molecule has 0 saturated carbocycles. The molecule has 122 valence electrons. The standard InChI is InChI=1S/C16H14F3NO2S/c17-11-5-7-12(8-6-11)22-10-9-15(21)20-13-3-1-2-4-14(13)23-16(18)19/h1-8,16H,9-10H2,(H,20,21). The number of nitrogens with one attached hydrogen (secondary N) is 1. The van der Waals surface area contributed by atoms with E-state index in [9.17, 15) is 18.0 Å². The van der Waals surface area contributed by atoms with Crippen LogP contribution in [0.25, 0.3) is 0 Å². The Kier molecular flexibility index (Phi) is 6.34. The van der Waals surface area contributed by atoms with Gasteiger partial charge in [-0.25, -0.2) is 4.39 Å². The molecule has 0 bridgehead atoms. The topological polar surface area (TPSA) is 38.3 Å². The molecule has 0 aliphatic heterocycles. The molecule has 0 saturated heterocycles. The second-order valence-electron chi connectivity index (χ2n) is 4.48. The van der Waals surface area contributed by atoms with Crippen molar-refractivity contribution in [3.63, 3.8) is 0 Å². The summed E-state index contributed by atoms with van der Waals surface area (Å²) >= 11 is 0.374. The first kappa shape index (κ1) is 17.2. The van der Waals surface area contributed by atoms with Crippen molar-refractivity contribution in [1.82, 2.24) is 0 Å². The highest BCUT2D eigenvalue weighted by Crippen LogP contribution is 2.31. The summed E-state index contributed by atoms with van der Waals surface area (Å²) in [6, 6.07) is 11.8. The summed E-state index contributed by atoms with van der Waals surface area (Å²) in [4.78, 5) is 12.1. The second-order valence-corrected chi connectivity index (χ2v) is 5.51. The van der Waals surface area contributed by atoms with Gasteiger partial charge in [-0.15, -0.1) is 0 Å². The molecule has 0 heterocycles. The molecular weight excluding hydrogens is 327 g/mol. The second kappa shape index (κ2) is 8.47. The van der Waals surface area contributed by atoms with Gasteiger partial charge in [-0.3, -0.25) is 4.79 Å². The number of hydrogen-bond donors (Lipinski definition) is 1. The van der Waals surface area contributed by atoms with Gasteiger partial charge in [0.25, 0.3) is 5.76 Å². The van der Waals surface area contributed by atoms with Crippen LogP contribution in [0.1, 0.15) is 6.42 Å². The Balaban J connectivity index is 1.84. The van der Waals surface area contributed by atoms with Gasteiger partial charge < -0.3 is 10.1 Å². The number of amides is 1. The SMILES string of the molecule is O=C(CCOc1ccc(F)cc1)Nc1ccccc1SC(F)F. The van der Waals surface area contributed by atoms with Gasteiger partial charge in [0.15, 0.2) is 0 Å². The van der Waals surface area contributed by atoms with Crippen molar-refractivity contribution in [1.29, 1.82) is 0 Å². The van der Waals surface area contributed by atoms with Crippen LogP contribution < -0.4 is 10.1 Å². The number of carbonyl (C=O) groups excluding carboxylic acids is 1. The lowest BCUT2D eigenvalue weighted by Crippen LogP contribution is -2.15. The Labute approximate surface area is 135 Å². The molecule has 0 unspecified atom stereocenters. The Morgan fingerprint density at radius 2 is 1.83 bits per heavy atom. The normalized spacial score (nSPS) is 10.6. The first-order chi connectivity index (χ1) is 11.0. The zero-order chi connectivity index (χ0) is 16.7. The summed E-state index contributed by atoms with van der Waals surface area (Å²) in [5.41, 5.74) is 0.338. The van der Waals surface area contributed by atoms with Gasteiger partial charge in [0, 0.05) is 4.90 Å². The summed E-state index contributed by atoms with van der Waals surface area (Å²) in [5.74, 6) is -2.83. The van der Waals surface area contributed by atoms with Crippen molar-refractivity contribution >= 4 is 23.4 Å². The third-order valence-electron chi connectivity index (χ3n) is 2.79. The third-order valence-corrected chi connectivity index (χ3v) is 3.58. The molecule has 2 rings (SSSR count). The number of carbonyl (C=O) groups is 1. The van der Waals surface area contributed by atoms with Crippen LogP contribution in [0.15, 0.2) is 53.4 Å². The molecule has 7 heteroatoms. The Morgan fingerprint density at radius 1 is 1.13 bits per heavy atom. The van der Waals surface area contributed by atoms with Gasteiger partial charge in [0.1, 0.15) is 11.6 Å². The number of thioether (sulfide) groups is 1. The van der Waals surface area contributed by atoms with Gasteiger partial charge in [-0.1, -0.05) is 23.9 Å². The fourth-order valence-electron chi connectivity index (χ4n) is 1.77. The molecule has 0 aromatic heterocycles. The van der Waals surface area contributed by atoms with E-state index in [1.54, 1.807) is 18.2 Å². The van der Waals surface area contributed by atoms with E-state index >= 15 is 0 Å². The molecule has 2 aromatic rings. The van der Waals surface area contributed by atoms with E-state index in [0.29, 0.717) is 28.1 Å². The maximum atomic E-state index is 12.7. The zero-order valence-electron chi connectivity index (χ0n) is 12.0. The van der Waals surface area contributed by atoms with E-state index in [1.165, 1.54) is 30.3 Å². The average Bonchev–Trinajstić information content (AvgIpc) is 2.51. The summed E-state index contributed by atoms with van der Waals surface area (Å²) in [5, 5.41) is 2.58. The highest BCUT2D eigenvalue weighted by Gasteiger charge is 2.11. The molecule has 1 N–H and O–H groups in total. The van der Waals surface area contributed by atoms with Crippen LogP contribution in [0, 0.1) is 5.82 Å². The molecule has 23 heavy (non-hydrogen) atoms. The van der Waals surface area contributed by atoms with E-state index in [4.69, 9.17) is 4.74 Å². The number of benzene rings is 2. The first-order valence-electron chi connectivity index (χ1n) is 6.76. The number of anilines is 1. The third kappa shape index (κ3) is 5.86. The lowest BCUT2D eigenvalue weighted by atomic mass is 10.3. The van der Waals surface area contributed by atoms with Gasteiger partial charge in [-0.2, -0.15) is 8.78 Å². The average molecular weight is 341 g/mol. The molecule has 0 aliphatic rings. The number of para-hydroxylation sites is 1. The fourth-order valence-corrected chi connectivity index (χ4v) is 2.37. The summed E-state index contributed by atoms with van der Waals surface area (Å²) in [7, 11) is 0. The molecule has 0 radical (unpaired) electrons. The Hall–Kier alpha value is -2.15. The van der Waals surface area contributed by atoms with Crippen molar-refractivity contribution in [3.8, 4) is 5.75 Å². The summed E-state index contributed by atoms with van der Waals surface area (Å²) < 4.78 is 43.0. The van der Waals surface area contributed by atoms with E-state index < -0.39 is 5.76 Å². The molecule has 0 spiro atoms. The maximum Gasteiger partial charge on any atom is 0.288 e. The lowest BCUT2D eigenvalue weighted by Gasteiger charge is -2.11. The minimum Gasteiger partial charge on any atom is -0.493 e. The molecular formula is C16H14F3NO2S. The van der Waals surface area contributed by atoms with Crippen LogP contribution in [0.4, 0.5) is 18.9 Å². The van der Waals surface area contributed by atoms with E-state index in [1.807, 2.05) is 0 Å². The predicted octanol–water partition coefficient (Wildman–Crippen LogP) is 4.55. The Morgan fingerprint density at radius 3 is 2.52 bits per heavy atom. The molecule has 0 atom stereocenters. The summed E-state index contributed by atoms with van der Waals surface area (Å²) in [6.07, 6.45) is 0.0467. The smallest absolute Gasteiger partial charge is 0.288 e. The number of hydrogen-bond acceptors (Lipinski definition) is 3. The minimum absolute atomic E-state index is 0.0467. The van der Waals surface area contributed by atoms with Gasteiger partial charge in [-0.05, 0) is 36.4 Å². The largest absolute Gasteiger partial charge is 0.493 e. The van der Waals surface area contributed by atoms with Crippen molar-refractivity contribution in [2.45, 2.75) is 17.1 Å². The van der Waals surface area contributed by atoms with Crippen LogP contribution in [0.5, 0.6) is 5.75 Å². The van der Waals surface area contributed by atoms with E-state index in [-0.39, 0.29) is 24.8 Å². The van der Waals surface area contributed by atoms with Crippen LogP contribution in [-0.4, -0.2) is 18.3 Å². The van der Waals surface area contributed by atoms with E-state index in [0.717, 1.165) is 0 Å². The maximum absolute atomic E-state index is 12.7. The van der Waals surface area contributed by atoms with Gasteiger partial charge in [0.2, 0.25) is 5.91 Å². The monoisotopic (exact) mass is 341 g/mol. The number of alkyl halides is 2. The summed E-state index contributed by atoms with van der Waals surface area (Å²) in [6.45, 7) is 0.0988. The minimum atomic E-state index is -2.56. The molecule has 2 aromatic carbocycles. The van der Waals surface area contributed by atoms with Crippen LogP contribution >= 0.6 is 11.8 Å². The number of ether oxygens (including phenoxy) is 1. The van der Waals surface area contributed by atoms with Crippen LogP contribution in [-0.2, 0) is 4.79 Å². The molecule has 0 aliphatic carbocycles. The Bertz CT molecular complexity index is 650. The predicted molar refractivity (Wildman–Crippen MR) is 83.4 cm³/mol. The number of halogens is 3. The van der Waals surface area contributed by atoms with Crippen molar-refractivity contribution in [3.05, 3.63) is 54.3 Å². The quantitative estimate of drug-likeness (QED) is 0.751. The van der Waals surface area contributed by atoms with Crippen molar-refractivity contribution in [2.75, 3.05) is 11.9 Å².